The van der Waals surface area contributed by atoms with Crippen molar-refractivity contribution in [3.63, 3.8) is 0 Å². The van der Waals surface area contributed by atoms with Crippen molar-refractivity contribution in [1.82, 2.24) is 25.0 Å². The molecule has 3 fully saturated rings. The van der Waals surface area contributed by atoms with Crippen LogP contribution >= 0.6 is 0 Å². The molecule has 2 N–H and O–H groups in total. The van der Waals surface area contributed by atoms with Crippen LogP contribution in [0.15, 0.2) is 54.6 Å². The molecular formula is C47H56FN7O5. The number of H-pyrrole nitrogens is 1. The van der Waals surface area contributed by atoms with Crippen LogP contribution in [0.25, 0.3) is 10.9 Å². The summed E-state index contributed by atoms with van der Waals surface area (Å²) in [5, 5.41) is 3.63. The number of para-hydroxylation sites is 1. The molecular weight excluding hydrogens is 762 g/mol. The number of nitrogens with one attached hydrogen (secondary N) is 2. The fourth-order valence-electron chi connectivity index (χ4n) is 11.1. The van der Waals surface area contributed by atoms with Gasteiger partial charge in [-0.2, -0.15) is 0 Å². The molecule has 6 aliphatic rings. The van der Waals surface area contributed by atoms with Gasteiger partial charge in [0.2, 0.25) is 11.8 Å². The van der Waals surface area contributed by atoms with E-state index in [9.17, 15) is 14.4 Å². The maximum Gasteiger partial charge on any atom is 0.255 e. The van der Waals surface area contributed by atoms with Gasteiger partial charge in [-0.05, 0) is 82.2 Å². The highest BCUT2D eigenvalue weighted by Gasteiger charge is 2.44. The summed E-state index contributed by atoms with van der Waals surface area (Å²) in [7, 11) is 1.75. The van der Waals surface area contributed by atoms with Crippen LogP contribution in [-0.4, -0.2) is 121 Å². The summed E-state index contributed by atoms with van der Waals surface area (Å²) >= 11 is 0. The van der Waals surface area contributed by atoms with Crippen molar-refractivity contribution in [2.75, 3.05) is 69.3 Å². The Balaban J connectivity index is 0.788. The maximum atomic E-state index is 15.4. The summed E-state index contributed by atoms with van der Waals surface area (Å²) in [6.45, 7) is 12.5. The fourth-order valence-corrected chi connectivity index (χ4v) is 11.1. The zero-order valence-electron chi connectivity index (χ0n) is 35.1. The predicted molar refractivity (Wildman–Crippen MR) is 229 cm³/mol. The molecule has 1 aromatic heterocycles. The third-order valence-corrected chi connectivity index (χ3v) is 14.0. The number of hydrogen-bond donors (Lipinski definition) is 2. The second-order valence-corrected chi connectivity index (χ2v) is 18.5. The summed E-state index contributed by atoms with van der Waals surface area (Å²) in [6.07, 6.45) is 3.65. The average molecular weight is 818 g/mol. The van der Waals surface area contributed by atoms with E-state index in [0.717, 1.165) is 104 Å². The van der Waals surface area contributed by atoms with E-state index in [1.165, 1.54) is 10.9 Å². The lowest BCUT2D eigenvalue weighted by Gasteiger charge is -2.47. The fraction of sp³-hybridized carbons (Fsp3) is 0.511. The summed E-state index contributed by atoms with van der Waals surface area (Å²) in [5.41, 5.74) is 6.87. The zero-order valence-corrected chi connectivity index (χ0v) is 35.1. The van der Waals surface area contributed by atoms with E-state index in [-0.39, 0.29) is 36.4 Å². The van der Waals surface area contributed by atoms with E-state index in [0.29, 0.717) is 37.6 Å². The molecule has 12 nitrogen and oxygen atoms in total. The highest BCUT2D eigenvalue weighted by Crippen LogP contribution is 2.46. The molecule has 316 valence electrons. The van der Waals surface area contributed by atoms with E-state index in [1.807, 2.05) is 12.1 Å². The van der Waals surface area contributed by atoms with E-state index in [1.54, 1.807) is 25.9 Å². The molecule has 60 heavy (non-hydrogen) atoms. The van der Waals surface area contributed by atoms with Crippen LogP contribution in [0.2, 0.25) is 0 Å². The number of ether oxygens (including phenoxy) is 2. The molecule has 13 heteroatoms. The summed E-state index contributed by atoms with van der Waals surface area (Å²) in [4.78, 5) is 52.9. The van der Waals surface area contributed by atoms with Gasteiger partial charge in [0.25, 0.3) is 5.91 Å². The molecule has 3 aromatic carbocycles. The number of halogens is 1. The molecule has 10 rings (SSSR count). The van der Waals surface area contributed by atoms with Crippen molar-refractivity contribution < 1.29 is 28.2 Å². The topological polar surface area (TPSA) is 114 Å². The second-order valence-electron chi connectivity index (χ2n) is 18.5. The predicted octanol–water partition coefficient (Wildman–Crippen LogP) is 5.82. The van der Waals surface area contributed by atoms with Crippen LogP contribution in [0.4, 0.5) is 15.8 Å². The normalized spacial score (nSPS) is 25.1. The lowest BCUT2D eigenvalue weighted by atomic mass is 9.87. The Morgan fingerprint density at radius 1 is 0.950 bits per heavy atom. The van der Waals surface area contributed by atoms with Crippen molar-refractivity contribution in [3.8, 4) is 11.5 Å². The van der Waals surface area contributed by atoms with Crippen LogP contribution in [0, 0.1) is 5.92 Å². The average Bonchev–Trinajstić information content (AvgIpc) is 3.77. The number of alkyl halides is 1. The number of piperazine rings is 1. The van der Waals surface area contributed by atoms with E-state index in [2.05, 4.69) is 79.3 Å². The van der Waals surface area contributed by atoms with Crippen molar-refractivity contribution in [1.29, 1.82) is 0 Å². The number of rotatable bonds is 8. The monoisotopic (exact) mass is 817 g/mol. The third-order valence-electron chi connectivity index (χ3n) is 14.0. The maximum absolute atomic E-state index is 15.4. The minimum absolute atomic E-state index is 0.150. The number of fused-ring (bicyclic) bond motifs is 8. The number of aromatic amines is 1. The van der Waals surface area contributed by atoms with Gasteiger partial charge in [-0.1, -0.05) is 24.3 Å². The molecule has 3 saturated heterocycles. The molecule has 1 unspecified atom stereocenters. The quantitative estimate of drug-likeness (QED) is 0.213. The van der Waals surface area contributed by atoms with Crippen LogP contribution in [0.3, 0.4) is 0 Å². The number of amides is 3. The highest BCUT2D eigenvalue weighted by molar-refractivity contribution is 6.06. The van der Waals surface area contributed by atoms with Crippen molar-refractivity contribution in [2.24, 2.45) is 5.92 Å². The number of benzene rings is 3. The van der Waals surface area contributed by atoms with Gasteiger partial charge in [0.05, 0.1) is 31.4 Å². The standard InChI is InChI=1S/C47H56FN7O5/c1-28-21-35-32-7-5-6-8-37(32)49-42(35)43(55(28)27-47(2,3)48)34-10-9-30(22-40(34)59-4)52-17-15-29(16-18-52)23-51-19-20-53-31(24-51)26-60-44-36-25-54(39-13-14-41(56)50-45(39)57)46(58)33(36)11-12-38(44)53/h5-12,22,28-29,31,39,43,49H,13-21,23-27H2,1-4H3,(H,50,56,57)/t28-,31-,39?,43-/m1/s1. The summed E-state index contributed by atoms with van der Waals surface area (Å²) in [6, 6.07) is 18.6. The number of methoxy groups -OCH3 is 1. The molecule has 3 amide bonds. The number of imide groups is 1. The first-order valence-corrected chi connectivity index (χ1v) is 21.8. The van der Waals surface area contributed by atoms with Crippen molar-refractivity contribution in [2.45, 2.75) is 89.3 Å². The van der Waals surface area contributed by atoms with E-state index in [4.69, 9.17) is 9.47 Å². The van der Waals surface area contributed by atoms with Crippen molar-refractivity contribution >= 4 is 40.0 Å². The lowest BCUT2D eigenvalue weighted by molar-refractivity contribution is -0.136. The van der Waals surface area contributed by atoms with Gasteiger partial charge < -0.3 is 29.2 Å². The minimum atomic E-state index is -1.36. The molecule has 4 atom stereocenters. The molecule has 0 radical (unpaired) electrons. The number of carbonyl (C=O) groups is 3. The van der Waals surface area contributed by atoms with Crippen LogP contribution in [0.5, 0.6) is 11.5 Å². The van der Waals surface area contributed by atoms with Gasteiger partial charge in [-0.15, -0.1) is 0 Å². The number of piperidine rings is 2. The Morgan fingerprint density at radius 2 is 1.77 bits per heavy atom. The minimum Gasteiger partial charge on any atom is -0.496 e. The van der Waals surface area contributed by atoms with E-state index >= 15 is 4.39 Å². The first kappa shape index (κ1) is 39.0. The number of hydrogen-bond acceptors (Lipinski definition) is 9. The Hall–Kier alpha value is -5.14. The van der Waals surface area contributed by atoms with Gasteiger partial charge in [0.15, 0.2) is 0 Å². The molecule has 7 heterocycles. The molecule has 0 bridgehead atoms. The number of aromatic nitrogens is 1. The SMILES string of the molecule is COc1cc(N2CCC(CN3CCN4c5ccc6c(c5OC[C@H]4C3)CN(C3CCC(=O)NC3=O)C6=O)CC2)ccc1[C@@H]1c2[nH]c3ccccc3c2C[C@@H](C)N1CC(C)(C)F. The molecule has 0 spiro atoms. The number of anilines is 2. The Morgan fingerprint density at radius 3 is 2.55 bits per heavy atom. The zero-order chi connectivity index (χ0) is 41.4. The second kappa shape index (κ2) is 15.1. The largest absolute Gasteiger partial charge is 0.496 e. The highest BCUT2D eigenvalue weighted by atomic mass is 19.1. The number of nitrogens with zero attached hydrogens (tertiary/aromatic N) is 5. The molecule has 4 aromatic rings. The van der Waals surface area contributed by atoms with Crippen molar-refractivity contribution in [3.05, 3.63) is 82.5 Å². The van der Waals surface area contributed by atoms with Gasteiger partial charge in [-0.3, -0.25) is 29.5 Å². The van der Waals surface area contributed by atoms with E-state index < -0.39 is 17.6 Å². The Kier molecular flexibility index (Phi) is 9.82. The molecule has 0 saturated carbocycles. The van der Waals surface area contributed by atoms with Gasteiger partial charge in [-0.25, -0.2) is 4.39 Å². The number of carbonyl (C=O) groups excluding carboxylic acids is 3. The Bertz CT molecular complexity index is 2350. The lowest BCUT2D eigenvalue weighted by Crippen LogP contribution is -2.58. The molecule has 0 aliphatic carbocycles. The van der Waals surface area contributed by atoms with Crippen LogP contribution in [0.1, 0.15) is 85.2 Å². The molecule has 6 aliphatic heterocycles. The Labute approximate surface area is 350 Å². The first-order chi connectivity index (χ1) is 28.9. The summed E-state index contributed by atoms with van der Waals surface area (Å²) < 4.78 is 28.0. The first-order valence-electron chi connectivity index (χ1n) is 21.8. The van der Waals surface area contributed by atoms with Crippen LogP contribution < -0.4 is 24.6 Å². The van der Waals surface area contributed by atoms with Gasteiger partial charge in [0.1, 0.15) is 29.8 Å². The smallest absolute Gasteiger partial charge is 0.255 e. The van der Waals surface area contributed by atoms with Crippen LogP contribution in [-0.2, 0) is 22.6 Å². The van der Waals surface area contributed by atoms with Gasteiger partial charge >= 0.3 is 0 Å². The van der Waals surface area contributed by atoms with Gasteiger partial charge in [0, 0.05) is 103 Å². The summed E-state index contributed by atoms with van der Waals surface area (Å²) in [5.74, 6) is 1.32. The third kappa shape index (κ3) is 6.87.